The van der Waals surface area contributed by atoms with E-state index in [1.54, 1.807) is 41.6 Å². The first-order chi connectivity index (χ1) is 11.8. The molecular formula is C16H13N3O3S2. The molecule has 1 fully saturated rings. The molecule has 1 aromatic carbocycles. The van der Waals surface area contributed by atoms with Crippen LogP contribution in [0.15, 0.2) is 47.4 Å². The third-order valence-corrected chi connectivity index (χ3v) is 4.84. The van der Waals surface area contributed by atoms with Crippen molar-refractivity contribution in [2.75, 3.05) is 13.1 Å². The highest BCUT2D eigenvalue weighted by molar-refractivity contribution is 7.11. The summed E-state index contributed by atoms with van der Waals surface area (Å²) in [6, 6.07) is 7.08. The minimum absolute atomic E-state index is 0.00483. The molecule has 0 unspecified atom stereocenters. The van der Waals surface area contributed by atoms with E-state index < -0.39 is 0 Å². The Morgan fingerprint density at radius 2 is 1.71 bits per heavy atom. The lowest BCUT2D eigenvalue weighted by Gasteiger charge is -2.38. The smallest absolute Gasteiger partial charge is 0.278 e. The van der Waals surface area contributed by atoms with Crippen molar-refractivity contribution in [1.29, 1.82) is 0 Å². The number of amides is 1. The summed E-state index contributed by atoms with van der Waals surface area (Å²) in [4.78, 5) is 22.3. The van der Waals surface area contributed by atoms with Gasteiger partial charge >= 0.3 is 0 Å². The third-order valence-electron chi connectivity index (χ3n) is 3.53. The van der Waals surface area contributed by atoms with Gasteiger partial charge in [-0.3, -0.25) is 4.79 Å². The van der Waals surface area contributed by atoms with Gasteiger partial charge < -0.3 is 14.4 Å². The van der Waals surface area contributed by atoms with Crippen LogP contribution < -0.4 is 9.47 Å². The van der Waals surface area contributed by atoms with Gasteiger partial charge in [0, 0.05) is 28.7 Å². The summed E-state index contributed by atoms with van der Waals surface area (Å²) in [5.41, 5.74) is 0.634. The van der Waals surface area contributed by atoms with Gasteiger partial charge in [0.25, 0.3) is 16.3 Å². The molecule has 1 aliphatic rings. The number of hydrogen-bond acceptors (Lipinski definition) is 7. The number of likely N-dealkylation sites (tertiary alicyclic amines) is 1. The number of thiazole rings is 2. The Balaban J connectivity index is 1.32. The fourth-order valence-corrected chi connectivity index (χ4v) is 3.36. The van der Waals surface area contributed by atoms with Gasteiger partial charge in [0.2, 0.25) is 0 Å². The fourth-order valence-electron chi connectivity index (χ4n) is 2.30. The normalized spacial score (nSPS) is 14.2. The number of rotatable bonds is 5. The minimum Gasteiger partial charge on any atom is -0.463 e. The molecule has 0 N–H and O–H groups in total. The monoisotopic (exact) mass is 359 g/mol. The van der Waals surface area contributed by atoms with Gasteiger partial charge in [0.05, 0.1) is 13.1 Å². The van der Waals surface area contributed by atoms with Crippen LogP contribution in [0.1, 0.15) is 10.4 Å². The Morgan fingerprint density at radius 1 is 1.04 bits per heavy atom. The molecule has 4 rings (SSSR count). The second-order valence-corrected chi connectivity index (χ2v) is 6.89. The molecule has 0 atom stereocenters. The van der Waals surface area contributed by atoms with Crippen LogP contribution in [0, 0.1) is 0 Å². The first-order valence-electron chi connectivity index (χ1n) is 7.31. The Morgan fingerprint density at radius 3 is 2.33 bits per heavy atom. The number of aromatic nitrogens is 2. The van der Waals surface area contributed by atoms with Crippen molar-refractivity contribution in [2.45, 2.75) is 6.10 Å². The van der Waals surface area contributed by atoms with E-state index >= 15 is 0 Å². The Labute approximate surface area is 146 Å². The molecule has 3 aromatic rings. The van der Waals surface area contributed by atoms with Crippen molar-refractivity contribution in [3.8, 4) is 16.1 Å². The third kappa shape index (κ3) is 3.24. The van der Waals surface area contributed by atoms with Gasteiger partial charge in [-0.2, -0.15) is 0 Å². The maximum Gasteiger partial charge on any atom is 0.278 e. The summed E-state index contributed by atoms with van der Waals surface area (Å²) in [6.07, 6.45) is 3.41. The molecule has 1 aliphatic heterocycles. The molecule has 0 radical (unpaired) electrons. The van der Waals surface area contributed by atoms with E-state index in [1.165, 1.54) is 22.7 Å². The van der Waals surface area contributed by atoms with Crippen molar-refractivity contribution >= 4 is 28.6 Å². The predicted octanol–water partition coefficient (Wildman–Crippen LogP) is 3.30. The molecular weight excluding hydrogens is 346 g/mol. The number of nitrogens with zero attached hydrogens (tertiary/aromatic N) is 3. The molecule has 8 heteroatoms. The highest BCUT2D eigenvalue weighted by Crippen LogP contribution is 2.25. The van der Waals surface area contributed by atoms with E-state index in [4.69, 9.17) is 9.47 Å². The van der Waals surface area contributed by atoms with E-state index in [-0.39, 0.29) is 12.0 Å². The predicted molar refractivity (Wildman–Crippen MR) is 91.1 cm³/mol. The number of carbonyl (C=O) groups excluding carboxylic acids is 1. The van der Waals surface area contributed by atoms with Crippen molar-refractivity contribution in [2.24, 2.45) is 0 Å². The van der Waals surface area contributed by atoms with Gasteiger partial charge in [0.15, 0.2) is 0 Å². The van der Waals surface area contributed by atoms with Crippen LogP contribution in [0.2, 0.25) is 0 Å². The summed E-state index contributed by atoms with van der Waals surface area (Å²) in [6.45, 7) is 1.16. The lowest BCUT2D eigenvalue weighted by molar-refractivity contribution is 0.0177. The summed E-state index contributed by atoms with van der Waals surface area (Å²) >= 11 is 2.88. The van der Waals surface area contributed by atoms with E-state index in [1.807, 2.05) is 10.8 Å². The zero-order valence-electron chi connectivity index (χ0n) is 12.5. The van der Waals surface area contributed by atoms with E-state index in [2.05, 4.69) is 9.97 Å². The fraction of sp³-hybridized carbons (Fsp3) is 0.188. The van der Waals surface area contributed by atoms with Crippen LogP contribution in [0.4, 0.5) is 0 Å². The van der Waals surface area contributed by atoms with Gasteiger partial charge in [-0.05, 0) is 24.3 Å². The van der Waals surface area contributed by atoms with Crippen molar-refractivity contribution in [1.82, 2.24) is 14.9 Å². The largest absolute Gasteiger partial charge is 0.463 e. The SMILES string of the molecule is O=C(c1ccc(Oc2nccs2)cc1)N1CC(Oc2nccs2)C1. The highest BCUT2D eigenvalue weighted by Gasteiger charge is 2.33. The van der Waals surface area contributed by atoms with Gasteiger partial charge in [-0.15, -0.1) is 0 Å². The summed E-state index contributed by atoms with van der Waals surface area (Å²) in [5.74, 6) is 0.657. The number of ether oxygens (including phenoxy) is 2. The standard InChI is InChI=1S/C16H13N3O3S2/c20-14(19-9-13(10-19)22-16-18-6-8-24-16)11-1-3-12(4-2-11)21-15-17-5-7-23-15/h1-8,13H,9-10H2. The second-order valence-electron chi connectivity index (χ2n) is 5.17. The molecule has 1 saturated heterocycles. The molecule has 0 spiro atoms. The van der Waals surface area contributed by atoms with Crippen molar-refractivity contribution in [3.05, 3.63) is 53.0 Å². The quantitative estimate of drug-likeness (QED) is 0.699. The van der Waals surface area contributed by atoms with E-state index in [9.17, 15) is 4.79 Å². The summed E-state index contributed by atoms with van der Waals surface area (Å²) in [5, 5.41) is 4.95. The molecule has 0 aliphatic carbocycles. The average Bonchev–Trinajstić information content (AvgIpc) is 3.24. The average molecular weight is 359 g/mol. The lowest BCUT2D eigenvalue weighted by atomic mass is 10.1. The van der Waals surface area contributed by atoms with E-state index in [0.717, 1.165) is 0 Å². The highest BCUT2D eigenvalue weighted by atomic mass is 32.1. The van der Waals surface area contributed by atoms with Gasteiger partial charge in [-0.25, -0.2) is 9.97 Å². The maximum atomic E-state index is 12.4. The number of benzene rings is 1. The second kappa shape index (κ2) is 6.58. The molecule has 6 nitrogen and oxygen atoms in total. The molecule has 2 aromatic heterocycles. The molecule has 122 valence electrons. The van der Waals surface area contributed by atoms with E-state index in [0.29, 0.717) is 34.8 Å². The van der Waals surface area contributed by atoms with Crippen LogP contribution in [0.5, 0.6) is 16.1 Å². The van der Waals surface area contributed by atoms with Gasteiger partial charge in [-0.1, -0.05) is 22.7 Å². The van der Waals surface area contributed by atoms with Gasteiger partial charge in [0.1, 0.15) is 11.9 Å². The van der Waals surface area contributed by atoms with Crippen LogP contribution in [0.3, 0.4) is 0 Å². The van der Waals surface area contributed by atoms with Crippen LogP contribution in [-0.4, -0.2) is 40.0 Å². The Hall–Kier alpha value is -2.45. The molecule has 1 amide bonds. The van der Waals surface area contributed by atoms with Crippen LogP contribution in [0.25, 0.3) is 0 Å². The Bertz CT molecular complexity index is 798. The zero-order valence-corrected chi connectivity index (χ0v) is 14.1. The van der Waals surface area contributed by atoms with Crippen molar-refractivity contribution < 1.29 is 14.3 Å². The lowest BCUT2D eigenvalue weighted by Crippen LogP contribution is -2.56. The first kappa shape index (κ1) is 15.1. The molecule has 0 bridgehead atoms. The number of hydrogen-bond donors (Lipinski definition) is 0. The Kier molecular flexibility index (Phi) is 4.14. The maximum absolute atomic E-state index is 12.4. The zero-order chi connectivity index (χ0) is 16.4. The van der Waals surface area contributed by atoms with Crippen LogP contribution in [-0.2, 0) is 0 Å². The summed E-state index contributed by atoms with van der Waals surface area (Å²) < 4.78 is 11.3. The number of carbonyl (C=O) groups is 1. The molecule has 24 heavy (non-hydrogen) atoms. The van der Waals surface area contributed by atoms with Crippen LogP contribution >= 0.6 is 22.7 Å². The minimum atomic E-state index is -0.00483. The molecule has 0 saturated carbocycles. The summed E-state index contributed by atoms with van der Waals surface area (Å²) in [7, 11) is 0. The first-order valence-corrected chi connectivity index (χ1v) is 9.07. The van der Waals surface area contributed by atoms with Crippen molar-refractivity contribution in [3.63, 3.8) is 0 Å². The molecule has 3 heterocycles. The topological polar surface area (TPSA) is 64.5 Å².